The second-order valence-electron chi connectivity index (χ2n) is 4.54. The number of carbonyl (C=O) groups is 3. The number of Topliss-reactive ketones (excluding diaryl/α,β-unsaturated/α-hetero) is 1. The molecular weight excluding hydrogens is 284 g/mol. The predicted molar refractivity (Wildman–Crippen MR) is 77.6 cm³/mol. The fraction of sp³-hybridized carbons (Fsp3) is 0.133. The van der Waals surface area contributed by atoms with E-state index in [2.05, 4.69) is 15.3 Å². The number of nitrogens with two attached hydrogens (primary N) is 1. The third-order valence-electron chi connectivity index (χ3n) is 2.96. The lowest BCUT2D eigenvalue weighted by Crippen LogP contribution is -2.47. The molecule has 0 aliphatic carbocycles. The molecule has 1 aromatic heterocycles. The molecule has 0 saturated heterocycles. The molecular formula is C15H14N4O3. The Hall–Kier alpha value is -3.09. The molecule has 1 heterocycles. The first-order valence-electron chi connectivity index (χ1n) is 6.52. The van der Waals surface area contributed by atoms with Gasteiger partial charge in [-0.25, -0.2) is 9.97 Å². The monoisotopic (exact) mass is 298 g/mol. The third kappa shape index (κ3) is 3.95. The average Bonchev–Trinajstić information content (AvgIpc) is 2.55. The van der Waals surface area contributed by atoms with Gasteiger partial charge in [0.25, 0.3) is 11.8 Å². The summed E-state index contributed by atoms with van der Waals surface area (Å²) in [6, 6.07) is 9.37. The zero-order chi connectivity index (χ0) is 15.9. The van der Waals surface area contributed by atoms with Crippen LogP contribution in [0.15, 0.2) is 48.9 Å². The van der Waals surface area contributed by atoms with E-state index in [1.165, 1.54) is 18.6 Å². The molecule has 0 spiro atoms. The number of ketones is 1. The molecule has 0 aliphatic rings. The number of rotatable bonds is 6. The van der Waals surface area contributed by atoms with Gasteiger partial charge in [0.15, 0.2) is 0 Å². The molecule has 1 unspecified atom stereocenters. The van der Waals surface area contributed by atoms with E-state index in [0.29, 0.717) is 0 Å². The number of hydrogen-bond donors (Lipinski definition) is 2. The first-order valence-corrected chi connectivity index (χ1v) is 6.52. The molecule has 2 rings (SSSR count). The van der Waals surface area contributed by atoms with Crippen LogP contribution in [-0.2, 0) is 16.0 Å². The molecule has 2 aromatic rings. The maximum atomic E-state index is 12.1. The van der Waals surface area contributed by atoms with Crippen molar-refractivity contribution in [3.05, 3.63) is 60.2 Å². The summed E-state index contributed by atoms with van der Waals surface area (Å²) >= 11 is 0. The van der Waals surface area contributed by atoms with Gasteiger partial charge in [-0.3, -0.25) is 14.4 Å². The van der Waals surface area contributed by atoms with Crippen LogP contribution < -0.4 is 11.1 Å². The van der Waals surface area contributed by atoms with Gasteiger partial charge in [-0.15, -0.1) is 0 Å². The number of carbonyl (C=O) groups excluding carboxylic acids is 3. The van der Waals surface area contributed by atoms with Crippen LogP contribution in [-0.4, -0.2) is 33.6 Å². The van der Waals surface area contributed by atoms with Gasteiger partial charge in [-0.1, -0.05) is 30.3 Å². The normalized spacial score (nSPS) is 11.5. The van der Waals surface area contributed by atoms with E-state index in [1.807, 2.05) is 6.07 Å². The fourth-order valence-electron chi connectivity index (χ4n) is 1.89. The van der Waals surface area contributed by atoms with Gasteiger partial charge in [-0.2, -0.15) is 0 Å². The average molecular weight is 298 g/mol. The molecule has 2 amide bonds. The van der Waals surface area contributed by atoms with Crippen LogP contribution in [0.2, 0.25) is 0 Å². The van der Waals surface area contributed by atoms with Crippen LogP contribution in [0.3, 0.4) is 0 Å². The van der Waals surface area contributed by atoms with E-state index in [-0.39, 0.29) is 12.1 Å². The summed E-state index contributed by atoms with van der Waals surface area (Å²) in [5, 5.41) is 2.48. The quantitative estimate of drug-likeness (QED) is 0.721. The van der Waals surface area contributed by atoms with Crippen molar-refractivity contribution >= 4 is 17.6 Å². The highest BCUT2D eigenvalue weighted by Gasteiger charge is 2.26. The van der Waals surface area contributed by atoms with Gasteiger partial charge in [0.2, 0.25) is 5.78 Å². The summed E-state index contributed by atoms with van der Waals surface area (Å²) < 4.78 is 0. The first-order chi connectivity index (χ1) is 10.6. The number of benzene rings is 1. The summed E-state index contributed by atoms with van der Waals surface area (Å²) in [6.45, 7) is 0. The van der Waals surface area contributed by atoms with Crippen LogP contribution >= 0.6 is 0 Å². The number of hydrogen-bond acceptors (Lipinski definition) is 5. The van der Waals surface area contributed by atoms with Crippen LogP contribution in [0, 0.1) is 0 Å². The minimum Gasteiger partial charge on any atom is -0.363 e. The van der Waals surface area contributed by atoms with Crippen LogP contribution in [0.4, 0.5) is 0 Å². The molecule has 1 atom stereocenters. The van der Waals surface area contributed by atoms with Crippen molar-refractivity contribution in [2.75, 3.05) is 0 Å². The fourth-order valence-corrected chi connectivity index (χ4v) is 1.89. The molecule has 7 nitrogen and oxygen atoms in total. The first kappa shape index (κ1) is 15.3. The second-order valence-corrected chi connectivity index (χ2v) is 4.54. The molecule has 112 valence electrons. The van der Waals surface area contributed by atoms with Crippen molar-refractivity contribution in [2.45, 2.75) is 12.5 Å². The molecule has 3 N–H and O–H groups in total. The van der Waals surface area contributed by atoms with E-state index in [0.717, 1.165) is 5.56 Å². The molecule has 0 aliphatic heterocycles. The standard InChI is InChI=1S/C15H14N4O3/c16-14(21)13(20)12(8-10-4-2-1-3-5-10)19-15(22)11-6-7-17-9-18-11/h1-7,9,12H,8H2,(H2,16,21)(H,19,22). The Labute approximate surface area is 126 Å². The minimum absolute atomic E-state index is 0.102. The topological polar surface area (TPSA) is 115 Å². The van der Waals surface area contributed by atoms with Gasteiger partial charge in [-0.05, 0) is 11.6 Å². The van der Waals surface area contributed by atoms with Crippen LogP contribution in [0.5, 0.6) is 0 Å². The highest BCUT2D eigenvalue weighted by atomic mass is 16.2. The Morgan fingerprint density at radius 3 is 2.45 bits per heavy atom. The van der Waals surface area contributed by atoms with Crippen molar-refractivity contribution < 1.29 is 14.4 Å². The largest absolute Gasteiger partial charge is 0.363 e. The van der Waals surface area contributed by atoms with Crippen molar-refractivity contribution in [3.63, 3.8) is 0 Å². The minimum atomic E-state index is -1.09. The van der Waals surface area contributed by atoms with E-state index < -0.39 is 23.6 Å². The SMILES string of the molecule is NC(=O)C(=O)C(Cc1ccccc1)NC(=O)c1ccncn1. The van der Waals surface area contributed by atoms with E-state index in [4.69, 9.17) is 5.73 Å². The lowest BCUT2D eigenvalue weighted by molar-refractivity contribution is -0.137. The molecule has 7 heteroatoms. The summed E-state index contributed by atoms with van der Waals surface area (Å²) in [4.78, 5) is 42.6. The van der Waals surface area contributed by atoms with Crippen molar-refractivity contribution in [2.24, 2.45) is 5.73 Å². The van der Waals surface area contributed by atoms with E-state index >= 15 is 0 Å². The molecule has 0 fully saturated rings. The van der Waals surface area contributed by atoms with Gasteiger partial charge < -0.3 is 11.1 Å². The van der Waals surface area contributed by atoms with E-state index in [9.17, 15) is 14.4 Å². The molecule has 1 aromatic carbocycles. The summed E-state index contributed by atoms with van der Waals surface area (Å²) in [5.41, 5.74) is 5.94. The Morgan fingerprint density at radius 1 is 1.14 bits per heavy atom. The number of nitrogens with zero attached hydrogens (tertiary/aromatic N) is 2. The number of primary amides is 1. The Bertz CT molecular complexity index is 674. The summed E-state index contributed by atoms with van der Waals surface area (Å²) in [6.07, 6.45) is 2.79. The maximum Gasteiger partial charge on any atom is 0.287 e. The van der Waals surface area contributed by atoms with E-state index in [1.54, 1.807) is 24.3 Å². The van der Waals surface area contributed by atoms with Crippen molar-refractivity contribution in [3.8, 4) is 0 Å². The smallest absolute Gasteiger partial charge is 0.287 e. The predicted octanol–water partition coefficient (Wildman–Crippen LogP) is -0.128. The van der Waals surface area contributed by atoms with Gasteiger partial charge in [0.1, 0.15) is 18.1 Å². The lowest BCUT2D eigenvalue weighted by atomic mass is 10.0. The Morgan fingerprint density at radius 2 is 1.86 bits per heavy atom. The highest BCUT2D eigenvalue weighted by Crippen LogP contribution is 2.05. The summed E-state index contributed by atoms with van der Waals surface area (Å²) in [5.74, 6) is -2.52. The second kappa shape index (κ2) is 7.07. The van der Waals surface area contributed by atoms with Crippen molar-refractivity contribution in [1.29, 1.82) is 0 Å². The Kier molecular flexibility index (Phi) is 4.92. The zero-order valence-electron chi connectivity index (χ0n) is 11.6. The number of nitrogens with one attached hydrogen (secondary N) is 1. The third-order valence-corrected chi connectivity index (χ3v) is 2.96. The molecule has 22 heavy (non-hydrogen) atoms. The van der Waals surface area contributed by atoms with Gasteiger partial charge >= 0.3 is 0 Å². The molecule has 0 bridgehead atoms. The molecule has 0 radical (unpaired) electrons. The lowest BCUT2D eigenvalue weighted by Gasteiger charge is -2.16. The van der Waals surface area contributed by atoms with Crippen LogP contribution in [0.1, 0.15) is 16.1 Å². The summed E-state index contributed by atoms with van der Waals surface area (Å²) in [7, 11) is 0. The number of amides is 2. The molecule has 0 saturated carbocycles. The van der Waals surface area contributed by atoms with Crippen LogP contribution in [0.25, 0.3) is 0 Å². The zero-order valence-corrected chi connectivity index (χ0v) is 11.6. The number of aromatic nitrogens is 2. The maximum absolute atomic E-state index is 12.1. The van der Waals surface area contributed by atoms with Gasteiger partial charge in [0, 0.05) is 12.6 Å². The van der Waals surface area contributed by atoms with Gasteiger partial charge in [0.05, 0.1) is 0 Å². The Balaban J connectivity index is 2.16. The highest BCUT2D eigenvalue weighted by molar-refractivity contribution is 6.38. The van der Waals surface area contributed by atoms with Crippen molar-refractivity contribution in [1.82, 2.24) is 15.3 Å².